The van der Waals surface area contributed by atoms with Gasteiger partial charge < -0.3 is 10.1 Å². The third kappa shape index (κ3) is 6.18. The first kappa shape index (κ1) is 23.5. The number of benzene rings is 2. The maximum atomic E-state index is 13.3. The largest absolute Gasteiger partial charge is 0.494 e. The van der Waals surface area contributed by atoms with E-state index in [1.54, 1.807) is 24.4 Å². The van der Waals surface area contributed by atoms with E-state index in [-0.39, 0.29) is 11.4 Å². The first-order valence-corrected chi connectivity index (χ1v) is 11.9. The zero-order valence-corrected chi connectivity index (χ0v) is 19.0. The second kappa shape index (κ2) is 10.9. The molecule has 0 aliphatic heterocycles. The molecule has 0 saturated heterocycles. The number of sulfone groups is 1. The Balaban J connectivity index is 1.74. The van der Waals surface area contributed by atoms with Gasteiger partial charge in [0.1, 0.15) is 11.0 Å². The van der Waals surface area contributed by atoms with E-state index >= 15 is 0 Å². The molecule has 0 aliphatic rings. The molecule has 1 heterocycles. The van der Waals surface area contributed by atoms with Crippen LogP contribution in [-0.4, -0.2) is 32.5 Å². The lowest BCUT2D eigenvalue weighted by molar-refractivity contribution is -0.116. The second-order valence-corrected chi connectivity index (χ2v) is 9.42. The van der Waals surface area contributed by atoms with Crippen LogP contribution in [0.1, 0.15) is 23.3 Å². The van der Waals surface area contributed by atoms with Gasteiger partial charge in [-0.15, -0.1) is 0 Å². The van der Waals surface area contributed by atoms with Crippen molar-refractivity contribution < 1.29 is 17.9 Å². The number of carbonyl (C=O) groups excluding carboxylic acids is 1. The molecule has 1 atom stereocenters. The van der Waals surface area contributed by atoms with Crippen LogP contribution in [0, 0.1) is 0 Å². The summed E-state index contributed by atoms with van der Waals surface area (Å²) >= 11 is 5.89. The van der Waals surface area contributed by atoms with Gasteiger partial charge in [0.2, 0.25) is 5.91 Å². The number of pyridine rings is 1. The Morgan fingerprint density at radius 3 is 2.47 bits per heavy atom. The summed E-state index contributed by atoms with van der Waals surface area (Å²) in [6.07, 6.45) is 6.07. The quantitative estimate of drug-likeness (QED) is 0.466. The first-order chi connectivity index (χ1) is 15.4. The van der Waals surface area contributed by atoms with Crippen molar-refractivity contribution in [3.05, 3.63) is 95.3 Å². The molecule has 0 fully saturated rings. The molecule has 0 bridgehead atoms. The number of hydrogen-bond donors (Lipinski definition) is 1. The van der Waals surface area contributed by atoms with Gasteiger partial charge in [-0.05, 0) is 66.6 Å². The van der Waals surface area contributed by atoms with Gasteiger partial charge in [-0.1, -0.05) is 29.8 Å². The molecule has 2 aromatic carbocycles. The van der Waals surface area contributed by atoms with Crippen LogP contribution >= 0.6 is 11.6 Å². The number of hydrogen-bond acceptors (Lipinski definition) is 5. The molecule has 1 unspecified atom stereocenters. The Bertz CT molecular complexity index is 1160. The Hall–Kier alpha value is -3.16. The van der Waals surface area contributed by atoms with Gasteiger partial charge in [0.25, 0.3) is 0 Å². The molecule has 0 aliphatic carbocycles. The second-order valence-electron chi connectivity index (χ2n) is 6.85. The molecule has 3 aromatic rings. The summed E-state index contributed by atoms with van der Waals surface area (Å²) in [6, 6.07) is 16.6. The zero-order chi connectivity index (χ0) is 23.0. The summed E-state index contributed by atoms with van der Waals surface area (Å²) in [7, 11) is -3.80. The van der Waals surface area contributed by atoms with Gasteiger partial charge in [-0.2, -0.15) is 0 Å². The predicted octanol–water partition coefficient (Wildman–Crippen LogP) is 4.48. The van der Waals surface area contributed by atoms with Gasteiger partial charge in [-0.3, -0.25) is 9.78 Å². The summed E-state index contributed by atoms with van der Waals surface area (Å²) in [6.45, 7) is 2.38. The van der Waals surface area contributed by atoms with Crippen molar-refractivity contribution in [3.63, 3.8) is 0 Å². The summed E-state index contributed by atoms with van der Waals surface area (Å²) < 4.78 is 31.9. The fourth-order valence-electron chi connectivity index (χ4n) is 3.03. The highest BCUT2D eigenvalue weighted by molar-refractivity contribution is 7.91. The SMILES string of the molecule is CCOc1ccc(/C=C/C(=O)NCC(c2cccnc2)S(=O)(=O)c2ccc(Cl)cc2)cc1. The number of ether oxygens (including phenoxy) is 1. The lowest BCUT2D eigenvalue weighted by atomic mass is 10.2. The van der Waals surface area contributed by atoms with Gasteiger partial charge in [-0.25, -0.2) is 8.42 Å². The monoisotopic (exact) mass is 470 g/mol. The van der Waals surface area contributed by atoms with E-state index in [0.29, 0.717) is 17.2 Å². The Kier molecular flexibility index (Phi) is 8.03. The van der Waals surface area contributed by atoms with E-state index in [9.17, 15) is 13.2 Å². The zero-order valence-electron chi connectivity index (χ0n) is 17.4. The maximum Gasteiger partial charge on any atom is 0.244 e. The van der Waals surface area contributed by atoms with Gasteiger partial charge in [0.15, 0.2) is 9.84 Å². The summed E-state index contributed by atoms with van der Waals surface area (Å²) in [5.41, 5.74) is 1.31. The van der Waals surface area contributed by atoms with Crippen molar-refractivity contribution in [1.29, 1.82) is 0 Å². The fourth-order valence-corrected chi connectivity index (χ4v) is 4.80. The molecule has 1 amide bonds. The van der Waals surface area contributed by atoms with Crippen molar-refractivity contribution in [2.45, 2.75) is 17.1 Å². The van der Waals surface area contributed by atoms with E-state index in [0.717, 1.165) is 11.3 Å². The van der Waals surface area contributed by atoms with Crippen LogP contribution in [0.25, 0.3) is 6.08 Å². The van der Waals surface area contributed by atoms with Crippen LogP contribution in [0.5, 0.6) is 5.75 Å². The van der Waals surface area contributed by atoms with Gasteiger partial charge >= 0.3 is 0 Å². The number of nitrogens with one attached hydrogen (secondary N) is 1. The molecular weight excluding hydrogens is 448 g/mol. The minimum Gasteiger partial charge on any atom is -0.494 e. The standard InChI is InChI=1S/C24H23ClN2O4S/c1-2-31-21-10-5-18(6-11-21)7-14-24(28)27-17-23(19-4-3-15-26-16-19)32(29,30)22-12-8-20(25)9-13-22/h3-16,23H,2,17H2,1H3,(H,27,28)/b14-7+. The van der Waals surface area contributed by atoms with Crippen LogP contribution < -0.4 is 10.1 Å². The minimum absolute atomic E-state index is 0.108. The number of aromatic nitrogens is 1. The Morgan fingerprint density at radius 2 is 1.84 bits per heavy atom. The Morgan fingerprint density at radius 1 is 1.12 bits per heavy atom. The highest BCUT2D eigenvalue weighted by atomic mass is 35.5. The van der Waals surface area contributed by atoms with Crippen molar-refractivity contribution >= 4 is 33.4 Å². The maximum absolute atomic E-state index is 13.3. The third-order valence-corrected chi connectivity index (χ3v) is 7.02. The molecule has 3 rings (SSSR count). The summed E-state index contributed by atoms with van der Waals surface area (Å²) in [4.78, 5) is 16.5. The summed E-state index contributed by atoms with van der Waals surface area (Å²) in [5.74, 6) is 0.347. The number of rotatable bonds is 9. The number of amides is 1. The lowest BCUT2D eigenvalue weighted by Gasteiger charge is -2.18. The molecule has 1 N–H and O–H groups in total. The number of nitrogens with zero attached hydrogens (tertiary/aromatic N) is 1. The topological polar surface area (TPSA) is 85.4 Å². The summed E-state index contributed by atoms with van der Waals surface area (Å²) in [5, 5.41) is 2.13. The van der Waals surface area contributed by atoms with Gasteiger partial charge in [0, 0.05) is 30.0 Å². The average Bonchev–Trinajstić information content (AvgIpc) is 2.80. The van der Waals surface area contributed by atoms with Crippen LogP contribution in [-0.2, 0) is 14.6 Å². The average molecular weight is 471 g/mol. The van der Waals surface area contributed by atoms with Gasteiger partial charge in [0.05, 0.1) is 11.5 Å². The predicted molar refractivity (Wildman–Crippen MR) is 125 cm³/mol. The van der Waals surface area contributed by atoms with E-state index in [2.05, 4.69) is 10.3 Å². The van der Waals surface area contributed by atoms with E-state index in [4.69, 9.17) is 16.3 Å². The first-order valence-electron chi connectivity index (χ1n) is 9.98. The van der Waals surface area contributed by atoms with Crippen molar-refractivity contribution in [3.8, 4) is 5.75 Å². The van der Waals surface area contributed by atoms with Crippen LogP contribution in [0.4, 0.5) is 0 Å². The highest BCUT2D eigenvalue weighted by Crippen LogP contribution is 2.29. The minimum atomic E-state index is -3.80. The molecule has 32 heavy (non-hydrogen) atoms. The van der Waals surface area contributed by atoms with Crippen molar-refractivity contribution in [2.24, 2.45) is 0 Å². The smallest absolute Gasteiger partial charge is 0.244 e. The van der Waals surface area contributed by atoms with Crippen LogP contribution in [0.3, 0.4) is 0 Å². The Labute approximate surface area is 192 Å². The highest BCUT2D eigenvalue weighted by Gasteiger charge is 2.29. The third-order valence-electron chi connectivity index (χ3n) is 4.65. The van der Waals surface area contributed by atoms with Crippen LogP contribution in [0.2, 0.25) is 5.02 Å². The molecule has 0 radical (unpaired) electrons. The number of halogens is 1. The molecule has 166 valence electrons. The fraction of sp³-hybridized carbons (Fsp3) is 0.167. The molecule has 8 heteroatoms. The molecular formula is C24H23ClN2O4S. The molecule has 6 nitrogen and oxygen atoms in total. The molecule has 1 aromatic heterocycles. The van der Waals surface area contributed by atoms with Crippen LogP contribution in [0.15, 0.2) is 84.0 Å². The van der Waals surface area contributed by atoms with Crippen molar-refractivity contribution in [2.75, 3.05) is 13.2 Å². The van der Waals surface area contributed by atoms with Crippen molar-refractivity contribution in [1.82, 2.24) is 10.3 Å². The molecule has 0 saturated carbocycles. The van der Waals surface area contributed by atoms with E-state index < -0.39 is 21.0 Å². The lowest BCUT2D eigenvalue weighted by Crippen LogP contribution is -2.31. The van der Waals surface area contributed by atoms with E-state index in [1.807, 2.05) is 31.2 Å². The number of carbonyl (C=O) groups is 1. The normalized spacial score (nSPS) is 12.4. The van der Waals surface area contributed by atoms with E-state index in [1.165, 1.54) is 36.5 Å². The molecule has 0 spiro atoms.